The molecule has 0 aromatic heterocycles. The Morgan fingerprint density at radius 3 is 2.33 bits per heavy atom. The number of methoxy groups -OCH3 is 2. The SMILES string of the molecule is CONCc1ccc(F)c(OC)c1OC. The minimum atomic E-state index is -0.449. The smallest absolute Gasteiger partial charge is 0.197 e. The molecule has 84 valence electrons. The first kappa shape index (κ1) is 11.7. The van der Waals surface area contributed by atoms with E-state index in [1.54, 1.807) is 6.07 Å². The topological polar surface area (TPSA) is 39.7 Å². The van der Waals surface area contributed by atoms with Crippen molar-refractivity contribution in [2.24, 2.45) is 0 Å². The Kier molecular flexibility index (Phi) is 4.33. The van der Waals surface area contributed by atoms with Gasteiger partial charge in [-0.2, -0.15) is 5.48 Å². The number of nitrogens with one attached hydrogen (secondary N) is 1. The molecular formula is C10H14FNO3. The van der Waals surface area contributed by atoms with Crippen molar-refractivity contribution in [1.82, 2.24) is 5.48 Å². The summed E-state index contributed by atoms with van der Waals surface area (Å²) < 4.78 is 23.3. The molecule has 0 aliphatic rings. The number of hydrogen-bond acceptors (Lipinski definition) is 4. The highest BCUT2D eigenvalue weighted by Gasteiger charge is 2.14. The van der Waals surface area contributed by atoms with Gasteiger partial charge in [0.25, 0.3) is 0 Å². The Hall–Kier alpha value is -1.33. The number of rotatable bonds is 5. The molecule has 0 amide bonds. The molecule has 0 unspecified atom stereocenters. The molecule has 5 heteroatoms. The van der Waals surface area contributed by atoms with Crippen molar-refractivity contribution in [3.63, 3.8) is 0 Å². The van der Waals surface area contributed by atoms with Crippen LogP contribution in [0.25, 0.3) is 0 Å². The average molecular weight is 215 g/mol. The summed E-state index contributed by atoms with van der Waals surface area (Å²) in [5, 5.41) is 0. The normalized spacial score (nSPS) is 10.1. The Bertz CT molecular complexity index is 331. The predicted octanol–water partition coefficient (Wildman–Crippen LogP) is 1.49. The molecule has 0 heterocycles. The molecule has 0 aliphatic heterocycles. The molecule has 1 rings (SSSR count). The van der Waals surface area contributed by atoms with Gasteiger partial charge in [0, 0.05) is 12.1 Å². The van der Waals surface area contributed by atoms with E-state index >= 15 is 0 Å². The van der Waals surface area contributed by atoms with Crippen LogP contribution in [0, 0.1) is 5.82 Å². The Balaban J connectivity index is 3.05. The van der Waals surface area contributed by atoms with Crippen LogP contribution < -0.4 is 15.0 Å². The van der Waals surface area contributed by atoms with Crippen LogP contribution in [0.2, 0.25) is 0 Å². The highest BCUT2D eigenvalue weighted by Crippen LogP contribution is 2.33. The van der Waals surface area contributed by atoms with E-state index in [0.717, 1.165) is 5.56 Å². The Morgan fingerprint density at radius 1 is 1.13 bits per heavy atom. The van der Waals surface area contributed by atoms with E-state index in [1.165, 1.54) is 27.4 Å². The summed E-state index contributed by atoms with van der Waals surface area (Å²) in [5.74, 6) is 0.0328. The van der Waals surface area contributed by atoms with Crippen LogP contribution in [0.3, 0.4) is 0 Å². The van der Waals surface area contributed by atoms with Crippen molar-refractivity contribution >= 4 is 0 Å². The van der Waals surface area contributed by atoms with E-state index in [2.05, 4.69) is 5.48 Å². The molecule has 0 atom stereocenters. The van der Waals surface area contributed by atoms with Gasteiger partial charge in [0.15, 0.2) is 17.3 Å². The number of halogens is 1. The van der Waals surface area contributed by atoms with E-state index < -0.39 is 5.82 Å². The molecule has 0 aliphatic carbocycles. The fourth-order valence-electron chi connectivity index (χ4n) is 1.28. The molecule has 0 bridgehead atoms. The van der Waals surface area contributed by atoms with E-state index in [0.29, 0.717) is 12.3 Å². The van der Waals surface area contributed by atoms with E-state index in [1.807, 2.05) is 0 Å². The number of hydrogen-bond donors (Lipinski definition) is 1. The maximum Gasteiger partial charge on any atom is 0.197 e. The molecule has 1 aromatic rings. The second-order valence-electron chi connectivity index (χ2n) is 2.80. The fourth-order valence-corrected chi connectivity index (χ4v) is 1.28. The van der Waals surface area contributed by atoms with Crippen LogP contribution in [0.1, 0.15) is 5.56 Å². The lowest BCUT2D eigenvalue weighted by molar-refractivity contribution is 0.0860. The lowest BCUT2D eigenvalue weighted by atomic mass is 10.2. The molecule has 1 aromatic carbocycles. The summed E-state index contributed by atoms with van der Waals surface area (Å²) in [6, 6.07) is 2.94. The quantitative estimate of drug-likeness (QED) is 0.755. The van der Waals surface area contributed by atoms with Gasteiger partial charge in [0.1, 0.15) is 0 Å². The standard InChI is InChI=1S/C10H14FNO3/c1-13-9-7(6-12-15-3)4-5-8(11)10(9)14-2/h4-5,12H,6H2,1-3H3. The zero-order valence-electron chi connectivity index (χ0n) is 8.96. The van der Waals surface area contributed by atoms with Gasteiger partial charge in [-0.15, -0.1) is 0 Å². The summed E-state index contributed by atoms with van der Waals surface area (Å²) in [7, 11) is 4.37. The molecule has 0 saturated carbocycles. The highest BCUT2D eigenvalue weighted by molar-refractivity contribution is 5.47. The van der Waals surface area contributed by atoms with Crippen molar-refractivity contribution in [2.75, 3.05) is 21.3 Å². The molecule has 1 N–H and O–H groups in total. The minimum absolute atomic E-state index is 0.105. The van der Waals surface area contributed by atoms with E-state index in [4.69, 9.17) is 14.3 Å². The van der Waals surface area contributed by atoms with Gasteiger partial charge in [-0.25, -0.2) is 4.39 Å². The van der Waals surface area contributed by atoms with Gasteiger partial charge < -0.3 is 14.3 Å². The third-order valence-corrected chi connectivity index (χ3v) is 1.96. The monoisotopic (exact) mass is 215 g/mol. The summed E-state index contributed by atoms with van der Waals surface area (Å²) in [6.45, 7) is 0.413. The second-order valence-corrected chi connectivity index (χ2v) is 2.80. The third-order valence-electron chi connectivity index (χ3n) is 1.96. The van der Waals surface area contributed by atoms with Gasteiger partial charge in [-0.3, -0.25) is 0 Å². The first-order valence-electron chi connectivity index (χ1n) is 4.39. The second kappa shape index (κ2) is 5.53. The third kappa shape index (κ3) is 2.57. The predicted molar refractivity (Wildman–Crippen MR) is 53.4 cm³/mol. The maximum absolute atomic E-state index is 13.3. The number of ether oxygens (including phenoxy) is 2. The number of hydroxylamine groups is 1. The van der Waals surface area contributed by atoms with Crippen molar-refractivity contribution in [1.29, 1.82) is 0 Å². The van der Waals surface area contributed by atoms with Crippen LogP contribution in [-0.4, -0.2) is 21.3 Å². The molecular weight excluding hydrogens is 201 g/mol. The lowest BCUT2D eigenvalue weighted by Gasteiger charge is -2.13. The van der Waals surface area contributed by atoms with Crippen molar-refractivity contribution in [2.45, 2.75) is 6.54 Å². The van der Waals surface area contributed by atoms with E-state index in [-0.39, 0.29) is 5.75 Å². The average Bonchev–Trinajstić information content (AvgIpc) is 2.26. The Morgan fingerprint density at radius 2 is 1.80 bits per heavy atom. The zero-order valence-corrected chi connectivity index (χ0v) is 8.96. The van der Waals surface area contributed by atoms with E-state index in [9.17, 15) is 4.39 Å². The lowest BCUT2D eigenvalue weighted by Crippen LogP contribution is -2.12. The molecule has 4 nitrogen and oxygen atoms in total. The summed E-state index contributed by atoms with van der Waals surface area (Å²) in [4.78, 5) is 4.71. The van der Waals surface area contributed by atoms with Crippen LogP contribution in [-0.2, 0) is 11.4 Å². The van der Waals surface area contributed by atoms with Gasteiger partial charge in [0.05, 0.1) is 21.3 Å². The number of benzene rings is 1. The molecule has 0 saturated heterocycles. The molecule has 0 radical (unpaired) electrons. The minimum Gasteiger partial charge on any atom is -0.492 e. The van der Waals surface area contributed by atoms with Gasteiger partial charge in [0.2, 0.25) is 0 Å². The Labute approximate surface area is 87.9 Å². The first-order valence-corrected chi connectivity index (χ1v) is 4.39. The molecule has 0 spiro atoms. The van der Waals surface area contributed by atoms with Crippen LogP contribution >= 0.6 is 0 Å². The zero-order chi connectivity index (χ0) is 11.3. The summed E-state index contributed by atoms with van der Waals surface area (Å²) in [5.41, 5.74) is 3.41. The van der Waals surface area contributed by atoms with Crippen molar-refractivity contribution in [3.05, 3.63) is 23.5 Å². The fraction of sp³-hybridized carbons (Fsp3) is 0.400. The molecule has 15 heavy (non-hydrogen) atoms. The van der Waals surface area contributed by atoms with Crippen LogP contribution in [0.5, 0.6) is 11.5 Å². The summed E-state index contributed by atoms with van der Waals surface area (Å²) >= 11 is 0. The van der Waals surface area contributed by atoms with Gasteiger partial charge in [-0.05, 0) is 6.07 Å². The maximum atomic E-state index is 13.3. The largest absolute Gasteiger partial charge is 0.492 e. The van der Waals surface area contributed by atoms with Gasteiger partial charge >= 0.3 is 0 Å². The summed E-state index contributed by atoms with van der Waals surface area (Å²) in [6.07, 6.45) is 0. The van der Waals surface area contributed by atoms with Crippen molar-refractivity contribution in [3.8, 4) is 11.5 Å². The van der Waals surface area contributed by atoms with Crippen molar-refractivity contribution < 1.29 is 18.7 Å². The highest BCUT2D eigenvalue weighted by atomic mass is 19.1. The first-order chi connectivity index (χ1) is 7.24. The van der Waals surface area contributed by atoms with Crippen LogP contribution in [0.4, 0.5) is 4.39 Å². The molecule has 0 fully saturated rings. The van der Waals surface area contributed by atoms with Crippen LogP contribution in [0.15, 0.2) is 12.1 Å². The van der Waals surface area contributed by atoms with Gasteiger partial charge in [-0.1, -0.05) is 6.07 Å².